The Morgan fingerprint density at radius 3 is 2.88 bits per heavy atom. The van der Waals surface area contributed by atoms with Gasteiger partial charge in [-0.1, -0.05) is 24.6 Å². The van der Waals surface area contributed by atoms with E-state index in [0.29, 0.717) is 30.9 Å². The number of benzene rings is 1. The van der Waals surface area contributed by atoms with E-state index in [4.69, 9.17) is 5.73 Å². The quantitative estimate of drug-likeness (QED) is 0.408. The summed E-state index contributed by atoms with van der Waals surface area (Å²) >= 11 is 0.892. The standard InChI is InChI=1S/C22H28N6O3S/c1-28-17-10-3-2-6-13(17)12-18(28)21(30)25-16(9-5-11-23)20(29)24-15-8-4-7-14(15)19-26-22(31)32-27-19/h2-3,6,10,12,14-16H,4-5,7-9,11,23H2,1H3,(H,24,29)(H,25,30)(H,26,27,31). The van der Waals surface area contributed by atoms with Crippen molar-refractivity contribution >= 4 is 34.2 Å². The molecule has 5 N–H and O–H groups in total. The Hall–Kier alpha value is -2.98. The largest absolute Gasteiger partial charge is 0.351 e. The Balaban J connectivity index is 1.48. The molecule has 2 amide bonds. The van der Waals surface area contributed by atoms with Crippen molar-refractivity contribution in [2.75, 3.05) is 6.54 Å². The summed E-state index contributed by atoms with van der Waals surface area (Å²) < 4.78 is 6.03. The summed E-state index contributed by atoms with van der Waals surface area (Å²) in [7, 11) is 1.84. The van der Waals surface area contributed by atoms with E-state index in [9.17, 15) is 14.4 Å². The fraction of sp³-hybridized carbons (Fsp3) is 0.455. The fourth-order valence-electron chi connectivity index (χ4n) is 4.47. The summed E-state index contributed by atoms with van der Waals surface area (Å²) in [4.78, 5) is 40.3. The van der Waals surface area contributed by atoms with Gasteiger partial charge < -0.3 is 20.9 Å². The highest BCUT2D eigenvalue weighted by molar-refractivity contribution is 7.02. The molecule has 1 fully saturated rings. The number of hydrogen-bond acceptors (Lipinski definition) is 6. The van der Waals surface area contributed by atoms with E-state index in [1.165, 1.54) is 0 Å². The number of rotatable bonds is 8. The molecule has 0 bridgehead atoms. The molecule has 0 spiro atoms. The third-order valence-corrected chi connectivity index (χ3v) is 6.71. The van der Waals surface area contributed by atoms with Gasteiger partial charge >= 0.3 is 4.87 Å². The van der Waals surface area contributed by atoms with Crippen LogP contribution in [0.3, 0.4) is 0 Å². The molecule has 4 rings (SSSR count). The van der Waals surface area contributed by atoms with Gasteiger partial charge in [-0.3, -0.25) is 19.4 Å². The third-order valence-electron chi connectivity index (χ3n) is 6.15. The van der Waals surface area contributed by atoms with Crippen molar-refractivity contribution in [2.45, 2.75) is 50.1 Å². The number of hydrogen-bond donors (Lipinski definition) is 4. The number of aromatic amines is 1. The van der Waals surface area contributed by atoms with Crippen LogP contribution in [0.15, 0.2) is 35.1 Å². The maximum Gasteiger partial charge on any atom is 0.323 e. The molecule has 9 nitrogen and oxygen atoms in total. The minimum Gasteiger partial charge on any atom is -0.351 e. The molecular formula is C22H28N6O3S. The zero-order valence-electron chi connectivity index (χ0n) is 18.0. The van der Waals surface area contributed by atoms with Gasteiger partial charge in [0.2, 0.25) is 5.91 Å². The van der Waals surface area contributed by atoms with Crippen molar-refractivity contribution in [1.82, 2.24) is 24.6 Å². The van der Waals surface area contributed by atoms with Crippen molar-refractivity contribution in [3.63, 3.8) is 0 Å². The second-order valence-corrected chi connectivity index (χ2v) is 8.97. The number of H-pyrrole nitrogens is 1. The summed E-state index contributed by atoms with van der Waals surface area (Å²) in [6.45, 7) is 0.430. The van der Waals surface area contributed by atoms with E-state index in [-0.39, 0.29) is 28.6 Å². The number of nitrogens with one attached hydrogen (secondary N) is 3. The van der Waals surface area contributed by atoms with Gasteiger partial charge in [0.05, 0.1) is 0 Å². The summed E-state index contributed by atoms with van der Waals surface area (Å²) in [6, 6.07) is 8.76. The van der Waals surface area contributed by atoms with Crippen LogP contribution in [-0.4, -0.2) is 44.4 Å². The maximum atomic E-state index is 13.1. The highest BCUT2D eigenvalue weighted by Crippen LogP contribution is 2.32. The number of fused-ring (bicyclic) bond motifs is 1. The highest BCUT2D eigenvalue weighted by Gasteiger charge is 2.34. The molecule has 1 saturated carbocycles. The average Bonchev–Trinajstić information content (AvgIpc) is 3.50. The molecule has 32 heavy (non-hydrogen) atoms. The zero-order chi connectivity index (χ0) is 22.7. The van der Waals surface area contributed by atoms with Crippen LogP contribution in [0.5, 0.6) is 0 Å². The first-order valence-electron chi connectivity index (χ1n) is 10.9. The number of aromatic nitrogens is 3. The van der Waals surface area contributed by atoms with Gasteiger partial charge in [0, 0.05) is 41.4 Å². The third kappa shape index (κ3) is 4.61. The van der Waals surface area contributed by atoms with E-state index in [1.807, 2.05) is 41.9 Å². The topological polar surface area (TPSA) is 135 Å². The molecule has 10 heteroatoms. The molecule has 0 radical (unpaired) electrons. The Morgan fingerprint density at radius 2 is 2.16 bits per heavy atom. The minimum absolute atomic E-state index is 0.0260. The minimum atomic E-state index is -0.695. The number of nitrogens with two attached hydrogens (primary N) is 1. The van der Waals surface area contributed by atoms with Gasteiger partial charge in [-0.15, -0.1) is 0 Å². The van der Waals surface area contributed by atoms with Gasteiger partial charge in [0.15, 0.2) is 0 Å². The second-order valence-electron chi connectivity index (χ2n) is 8.24. The molecule has 1 aromatic carbocycles. The highest BCUT2D eigenvalue weighted by atomic mass is 32.1. The van der Waals surface area contributed by atoms with Crippen molar-refractivity contribution in [1.29, 1.82) is 0 Å². The summed E-state index contributed by atoms with van der Waals surface area (Å²) in [6.07, 6.45) is 3.64. The van der Waals surface area contributed by atoms with Crippen LogP contribution in [0, 0.1) is 0 Å². The maximum absolute atomic E-state index is 13.1. The monoisotopic (exact) mass is 456 g/mol. The Bertz CT molecular complexity index is 1170. The molecule has 3 aromatic rings. The first kappa shape index (κ1) is 22.2. The van der Waals surface area contributed by atoms with Crippen molar-refractivity contribution < 1.29 is 9.59 Å². The molecule has 3 atom stereocenters. The lowest BCUT2D eigenvalue weighted by Gasteiger charge is -2.24. The molecule has 1 aliphatic rings. The number of carbonyl (C=O) groups excluding carboxylic acids is 2. The number of amides is 2. The summed E-state index contributed by atoms with van der Waals surface area (Å²) in [5.74, 6) is 0.0653. The first-order valence-corrected chi connectivity index (χ1v) is 11.7. The average molecular weight is 457 g/mol. The number of nitrogens with zero attached hydrogens (tertiary/aromatic N) is 2. The molecule has 170 valence electrons. The SMILES string of the molecule is Cn1c(C(=O)NC(CCCN)C(=O)NC2CCCC2c2nsc(=O)[nH]2)cc2ccccc21. The Labute approximate surface area is 189 Å². The van der Waals surface area contributed by atoms with E-state index in [0.717, 1.165) is 41.7 Å². The lowest BCUT2D eigenvalue weighted by molar-refractivity contribution is -0.123. The number of para-hydroxylation sites is 1. The van der Waals surface area contributed by atoms with Gasteiger partial charge in [-0.25, -0.2) is 0 Å². The van der Waals surface area contributed by atoms with E-state index >= 15 is 0 Å². The van der Waals surface area contributed by atoms with Crippen LogP contribution in [0.2, 0.25) is 0 Å². The van der Waals surface area contributed by atoms with Crippen molar-refractivity contribution in [2.24, 2.45) is 12.8 Å². The van der Waals surface area contributed by atoms with Gasteiger partial charge in [-0.2, -0.15) is 4.37 Å². The molecule has 3 unspecified atom stereocenters. The Morgan fingerprint density at radius 1 is 1.34 bits per heavy atom. The molecule has 0 aliphatic heterocycles. The molecule has 2 aromatic heterocycles. The molecular weight excluding hydrogens is 428 g/mol. The summed E-state index contributed by atoms with van der Waals surface area (Å²) in [5, 5.41) is 6.96. The predicted molar refractivity (Wildman–Crippen MR) is 124 cm³/mol. The van der Waals surface area contributed by atoms with E-state index < -0.39 is 6.04 Å². The van der Waals surface area contributed by atoms with E-state index in [2.05, 4.69) is 20.0 Å². The van der Waals surface area contributed by atoms with Crippen LogP contribution < -0.4 is 21.2 Å². The smallest absolute Gasteiger partial charge is 0.323 e. The predicted octanol–water partition coefficient (Wildman–Crippen LogP) is 1.61. The van der Waals surface area contributed by atoms with Crippen LogP contribution in [0.4, 0.5) is 0 Å². The lowest BCUT2D eigenvalue weighted by atomic mass is 10.0. The van der Waals surface area contributed by atoms with Gasteiger partial charge in [-0.05, 0) is 44.4 Å². The zero-order valence-corrected chi connectivity index (χ0v) is 18.8. The van der Waals surface area contributed by atoms with Crippen LogP contribution in [0.1, 0.15) is 54.3 Å². The Kier molecular flexibility index (Phi) is 6.71. The first-order chi connectivity index (χ1) is 15.5. The van der Waals surface area contributed by atoms with Crippen molar-refractivity contribution in [3.8, 4) is 0 Å². The normalized spacial score (nSPS) is 19.2. The lowest BCUT2D eigenvalue weighted by Crippen LogP contribution is -2.50. The van der Waals surface area contributed by atoms with Crippen molar-refractivity contribution in [3.05, 3.63) is 51.5 Å². The number of carbonyl (C=O) groups is 2. The van der Waals surface area contributed by atoms with Crippen LogP contribution in [0.25, 0.3) is 10.9 Å². The van der Waals surface area contributed by atoms with E-state index in [1.54, 1.807) is 0 Å². The molecule has 0 saturated heterocycles. The van der Waals surface area contributed by atoms with Crippen LogP contribution in [-0.2, 0) is 11.8 Å². The second kappa shape index (κ2) is 9.66. The van der Waals surface area contributed by atoms with Gasteiger partial charge in [0.1, 0.15) is 17.6 Å². The molecule has 1 aliphatic carbocycles. The molecule has 2 heterocycles. The summed E-state index contributed by atoms with van der Waals surface area (Å²) in [5.41, 5.74) is 7.12. The van der Waals surface area contributed by atoms with Crippen LogP contribution >= 0.6 is 11.5 Å². The fourth-order valence-corrected chi connectivity index (χ4v) is 4.99. The number of aryl methyl sites for hydroxylation is 1. The van der Waals surface area contributed by atoms with Gasteiger partial charge in [0.25, 0.3) is 5.91 Å².